The zero-order valence-corrected chi connectivity index (χ0v) is 9.40. The number of aryl methyl sites for hydroxylation is 1. The average molecular weight is 204 g/mol. The first-order chi connectivity index (χ1) is 7.20. The Morgan fingerprint density at radius 2 is 2.00 bits per heavy atom. The van der Waals surface area contributed by atoms with Gasteiger partial charge in [0.25, 0.3) is 0 Å². The van der Waals surface area contributed by atoms with Crippen molar-refractivity contribution in [2.45, 2.75) is 26.4 Å². The summed E-state index contributed by atoms with van der Waals surface area (Å²) in [5.41, 5.74) is 2.44. The maximum atomic E-state index is 5.49. The molecule has 80 valence electrons. The van der Waals surface area contributed by atoms with Crippen molar-refractivity contribution in [3.63, 3.8) is 0 Å². The molecule has 3 heteroatoms. The number of hydrogen-bond donors (Lipinski definition) is 0. The highest BCUT2D eigenvalue weighted by molar-refractivity contribution is 5.76. The monoisotopic (exact) mass is 204 g/mol. The quantitative estimate of drug-likeness (QED) is 0.740. The third kappa shape index (κ3) is 2.02. The molecule has 1 heterocycles. The molecule has 2 rings (SSSR count). The zero-order chi connectivity index (χ0) is 10.8. The predicted octanol–water partition coefficient (Wildman–Crippen LogP) is 2.68. The highest BCUT2D eigenvalue weighted by atomic mass is 16.7. The fraction of sp³-hybridized carbons (Fsp3) is 0.417. The molecule has 1 aromatic carbocycles. The van der Waals surface area contributed by atoms with Gasteiger partial charge in [-0.1, -0.05) is 36.8 Å². The lowest BCUT2D eigenvalue weighted by Gasteiger charge is -2.16. The van der Waals surface area contributed by atoms with Crippen LogP contribution in [0.3, 0.4) is 0 Å². The van der Waals surface area contributed by atoms with Gasteiger partial charge in [0.15, 0.2) is 6.17 Å². The van der Waals surface area contributed by atoms with Gasteiger partial charge in [-0.2, -0.15) is 0 Å². The molecule has 1 aliphatic heterocycles. The van der Waals surface area contributed by atoms with E-state index in [4.69, 9.17) is 4.84 Å². The van der Waals surface area contributed by atoms with Gasteiger partial charge < -0.3 is 4.84 Å². The summed E-state index contributed by atoms with van der Waals surface area (Å²) in [6.07, 6.45) is 0.854. The Morgan fingerprint density at radius 3 is 2.53 bits per heavy atom. The maximum Gasteiger partial charge on any atom is 0.211 e. The number of hydrogen-bond acceptors (Lipinski definition) is 3. The van der Waals surface area contributed by atoms with Crippen molar-refractivity contribution < 1.29 is 4.84 Å². The van der Waals surface area contributed by atoms with Crippen LogP contribution >= 0.6 is 0 Å². The summed E-state index contributed by atoms with van der Waals surface area (Å²) in [7, 11) is 1.91. The second-order valence-electron chi connectivity index (χ2n) is 3.80. The van der Waals surface area contributed by atoms with Crippen LogP contribution in [0.25, 0.3) is 0 Å². The minimum atomic E-state index is 0.0144. The normalized spacial score (nSPS) is 21.3. The number of hydroxylamine groups is 2. The fourth-order valence-corrected chi connectivity index (χ4v) is 1.64. The minimum absolute atomic E-state index is 0.0144. The summed E-state index contributed by atoms with van der Waals surface area (Å²) in [6, 6.07) is 8.40. The van der Waals surface area contributed by atoms with Crippen molar-refractivity contribution in [3.05, 3.63) is 35.4 Å². The zero-order valence-electron chi connectivity index (χ0n) is 9.40. The SMILES string of the molecule is CCC1=N[C@@H](c2ccc(C)cc2)N(C)O1. The van der Waals surface area contributed by atoms with E-state index in [1.54, 1.807) is 5.06 Å². The molecule has 0 amide bonds. The molecular formula is C12H16N2O. The van der Waals surface area contributed by atoms with Crippen molar-refractivity contribution in [2.24, 2.45) is 4.99 Å². The fourth-order valence-electron chi connectivity index (χ4n) is 1.64. The molecule has 15 heavy (non-hydrogen) atoms. The van der Waals surface area contributed by atoms with E-state index in [0.29, 0.717) is 0 Å². The molecule has 0 aromatic heterocycles. The Hall–Kier alpha value is -1.35. The van der Waals surface area contributed by atoms with Gasteiger partial charge in [0.2, 0.25) is 5.90 Å². The maximum absolute atomic E-state index is 5.49. The molecule has 3 nitrogen and oxygen atoms in total. The first kappa shape index (κ1) is 10.2. The van der Waals surface area contributed by atoms with E-state index in [1.165, 1.54) is 11.1 Å². The second kappa shape index (κ2) is 4.03. The molecule has 0 fully saturated rings. The van der Waals surface area contributed by atoms with Gasteiger partial charge in [0.05, 0.1) is 0 Å². The van der Waals surface area contributed by atoms with Crippen LogP contribution in [-0.2, 0) is 4.84 Å². The largest absolute Gasteiger partial charge is 0.388 e. The molecule has 0 saturated carbocycles. The third-order valence-corrected chi connectivity index (χ3v) is 2.54. The lowest BCUT2D eigenvalue weighted by Crippen LogP contribution is -2.18. The van der Waals surface area contributed by atoms with E-state index in [-0.39, 0.29) is 6.17 Å². The van der Waals surface area contributed by atoms with Crippen LogP contribution in [0.2, 0.25) is 0 Å². The summed E-state index contributed by atoms with van der Waals surface area (Å²) >= 11 is 0. The van der Waals surface area contributed by atoms with Crippen molar-refractivity contribution in [3.8, 4) is 0 Å². The predicted molar refractivity (Wildman–Crippen MR) is 60.5 cm³/mol. The van der Waals surface area contributed by atoms with Gasteiger partial charge in [-0.25, -0.2) is 4.99 Å². The second-order valence-corrected chi connectivity index (χ2v) is 3.80. The van der Waals surface area contributed by atoms with Crippen LogP contribution < -0.4 is 0 Å². The first-order valence-corrected chi connectivity index (χ1v) is 5.24. The van der Waals surface area contributed by atoms with Crippen LogP contribution in [0.1, 0.15) is 30.6 Å². The van der Waals surface area contributed by atoms with E-state index in [1.807, 2.05) is 14.0 Å². The topological polar surface area (TPSA) is 24.8 Å². The number of benzene rings is 1. The average Bonchev–Trinajstić information content (AvgIpc) is 2.61. The molecule has 1 aromatic rings. The molecule has 0 N–H and O–H groups in total. The Balaban J connectivity index is 2.24. The van der Waals surface area contributed by atoms with E-state index in [2.05, 4.69) is 36.2 Å². The van der Waals surface area contributed by atoms with E-state index in [0.717, 1.165) is 12.3 Å². The first-order valence-electron chi connectivity index (χ1n) is 5.24. The lowest BCUT2D eigenvalue weighted by atomic mass is 10.1. The molecule has 1 atom stereocenters. The summed E-state index contributed by atoms with van der Waals surface area (Å²) in [6.45, 7) is 4.13. The van der Waals surface area contributed by atoms with E-state index in [9.17, 15) is 0 Å². The van der Waals surface area contributed by atoms with Crippen molar-refractivity contribution in [2.75, 3.05) is 7.05 Å². The molecule has 0 unspecified atom stereocenters. The molecule has 0 aliphatic carbocycles. The molecule has 1 aliphatic rings. The summed E-state index contributed by atoms with van der Waals surface area (Å²) in [4.78, 5) is 10.00. The van der Waals surface area contributed by atoms with Gasteiger partial charge in [-0.3, -0.25) is 0 Å². The molecular weight excluding hydrogens is 188 g/mol. The van der Waals surface area contributed by atoms with Crippen LogP contribution in [0, 0.1) is 6.92 Å². The summed E-state index contributed by atoms with van der Waals surface area (Å²) < 4.78 is 0. The van der Waals surface area contributed by atoms with E-state index < -0.39 is 0 Å². The number of nitrogens with zero attached hydrogens (tertiary/aromatic N) is 2. The molecule has 0 bridgehead atoms. The smallest absolute Gasteiger partial charge is 0.211 e. The van der Waals surface area contributed by atoms with Crippen molar-refractivity contribution in [1.82, 2.24) is 5.06 Å². The Morgan fingerprint density at radius 1 is 1.33 bits per heavy atom. The van der Waals surface area contributed by atoms with Crippen molar-refractivity contribution >= 4 is 5.90 Å². The Kier molecular flexibility index (Phi) is 2.73. The van der Waals surface area contributed by atoms with Gasteiger partial charge in [-0.15, -0.1) is 5.06 Å². The minimum Gasteiger partial charge on any atom is -0.388 e. The number of rotatable bonds is 2. The standard InChI is InChI=1S/C12H16N2O/c1-4-11-13-12(14(3)15-11)10-7-5-9(2)6-8-10/h5-8,12H,4H2,1-3H3/t12-/m1/s1. The highest BCUT2D eigenvalue weighted by Gasteiger charge is 2.25. The van der Waals surface area contributed by atoms with Gasteiger partial charge in [0, 0.05) is 13.5 Å². The van der Waals surface area contributed by atoms with Crippen molar-refractivity contribution in [1.29, 1.82) is 0 Å². The third-order valence-electron chi connectivity index (χ3n) is 2.54. The molecule has 0 saturated heterocycles. The van der Waals surface area contributed by atoms with Gasteiger partial charge >= 0.3 is 0 Å². The Labute approximate surface area is 90.3 Å². The van der Waals surface area contributed by atoms with Gasteiger partial charge in [-0.05, 0) is 12.5 Å². The Bertz CT molecular complexity index is 370. The summed E-state index contributed by atoms with van der Waals surface area (Å²) in [5.74, 6) is 0.808. The van der Waals surface area contributed by atoms with Crippen LogP contribution in [-0.4, -0.2) is 18.0 Å². The molecule has 0 spiro atoms. The molecule has 0 radical (unpaired) electrons. The lowest BCUT2D eigenvalue weighted by molar-refractivity contribution is -0.0594. The number of aliphatic imine (C=N–C) groups is 1. The summed E-state index contributed by atoms with van der Waals surface area (Å²) in [5, 5.41) is 1.80. The highest BCUT2D eigenvalue weighted by Crippen LogP contribution is 2.27. The van der Waals surface area contributed by atoms with E-state index >= 15 is 0 Å². The van der Waals surface area contributed by atoms with Gasteiger partial charge in [0.1, 0.15) is 0 Å². The van der Waals surface area contributed by atoms with Crippen LogP contribution in [0.15, 0.2) is 29.3 Å². The van der Waals surface area contributed by atoms with Crippen LogP contribution in [0.4, 0.5) is 0 Å². The van der Waals surface area contributed by atoms with Crippen LogP contribution in [0.5, 0.6) is 0 Å².